The van der Waals surface area contributed by atoms with Crippen molar-refractivity contribution in [3.63, 3.8) is 0 Å². The van der Waals surface area contributed by atoms with Gasteiger partial charge in [-0.1, -0.05) is 0 Å². The van der Waals surface area contributed by atoms with E-state index in [1.54, 1.807) is 12.1 Å². The van der Waals surface area contributed by atoms with Gasteiger partial charge in [0.25, 0.3) is 0 Å². The Labute approximate surface area is 89.6 Å². The Kier molecular flexibility index (Phi) is 2.76. The van der Waals surface area contributed by atoms with Gasteiger partial charge in [-0.15, -0.1) is 14.8 Å². The van der Waals surface area contributed by atoms with Gasteiger partial charge in [0.15, 0.2) is 5.65 Å². The second-order valence-electron chi connectivity index (χ2n) is 2.84. The summed E-state index contributed by atoms with van der Waals surface area (Å²) in [7, 11) is 0. The Balaban J connectivity index is 1.91. The van der Waals surface area contributed by atoms with Crippen molar-refractivity contribution in [2.75, 3.05) is 18.5 Å². The first kappa shape index (κ1) is 10.1. The first-order valence-electron chi connectivity index (χ1n) is 4.47. The van der Waals surface area contributed by atoms with Crippen LogP contribution >= 0.6 is 0 Å². The summed E-state index contributed by atoms with van der Waals surface area (Å²) in [6.07, 6.45) is -0.800. The lowest BCUT2D eigenvalue weighted by Gasteiger charge is -2.04. The molecule has 0 bridgehead atoms. The summed E-state index contributed by atoms with van der Waals surface area (Å²) in [6, 6.07) is 3.43. The molecule has 2 heterocycles. The molecule has 16 heavy (non-hydrogen) atoms. The highest BCUT2D eigenvalue weighted by Gasteiger charge is 2.00. The van der Waals surface area contributed by atoms with Crippen molar-refractivity contribution >= 4 is 17.6 Å². The summed E-state index contributed by atoms with van der Waals surface area (Å²) >= 11 is 0. The fourth-order valence-corrected chi connectivity index (χ4v) is 1.07. The lowest BCUT2D eigenvalue weighted by atomic mass is 10.5. The van der Waals surface area contributed by atoms with E-state index in [0.717, 1.165) is 0 Å². The largest absolute Gasteiger partial charge is 0.448 e. The van der Waals surface area contributed by atoms with Gasteiger partial charge >= 0.3 is 6.09 Å². The second-order valence-corrected chi connectivity index (χ2v) is 2.84. The van der Waals surface area contributed by atoms with Crippen LogP contribution in [0.1, 0.15) is 0 Å². The zero-order chi connectivity index (χ0) is 11.4. The van der Waals surface area contributed by atoms with Crippen LogP contribution in [0.25, 0.3) is 5.65 Å². The normalized spacial score (nSPS) is 10.2. The molecular formula is C7H9N7O2. The van der Waals surface area contributed by atoms with Crippen molar-refractivity contribution in [1.82, 2.24) is 25.3 Å². The predicted molar refractivity (Wildman–Crippen MR) is 52.6 cm³/mol. The minimum absolute atomic E-state index is 0.171. The fraction of sp³-hybridized carbons (Fsp3) is 0.286. The molecule has 0 saturated heterocycles. The van der Waals surface area contributed by atoms with E-state index < -0.39 is 6.09 Å². The quantitative estimate of drug-likeness (QED) is 0.639. The molecule has 0 aliphatic rings. The maximum absolute atomic E-state index is 10.3. The van der Waals surface area contributed by atoms with Gasteiger partial charge in [0, 0.05) is 0 Å². The molecule has 2 aromatic rings. The van der Waals surface area contributed by atoms with Gasteiger partial charge in [0.2, 0.25) is 0 Å². The van der Waals surface area contributed by atoms with E-state index in [0.29, 0.717) is 18.0 Å². The number of primary amides is 1. The zero-order valence-corrected chi connectivity index (χ0v) is 8.20. The number of amides is 1. The lowest BCUT2D eigenvalue weighted by Crippen LogP contribution is -2.18. The van der Waals surface area contributed by atoms with Crippen LogP contribution in [0.2, 0.25) is 0 Å². The lowest BCUT2D eigenvalue weighted by molar-refractivity contribution is 0.161. The summed E-state index contributed by atoms with van der Waals surface area (Å²) < 4.78 is 5.83. The SMILES string of the molecule is NC(=O)OCCNc1ccc2nnnn2n1. The van der Waals surface area contributed by atoms with Gasteiger partial charge in [-0.05, 0) is 22.6 Å². The Morgan fingerprint density at radius 2 is 2.44 bits per heavy atom. The Bertz CT molecular complexity index is 496. The number of nitrogens with zero attached hydrogens (tertiary/aromatic N) is 5. The third kappa shape index (κ3) is 2.32. The van der Waals surface area contributed by atoms with Gasteiger partial charge in [-0.2, -0.15) is 0 Å². The molecular weight excluding hydrogens is 214 g/mol. The van der Waals surface area contributed by atoms with Crippen LogP contribution in [-0.4, -0.2) is 44.5 Å². The first-order chi connectivity index (χ1) is 7.75. The van der Waals surface area contributed by atoms with E-state index in [1.165, 1.54) is 4.63 Å². The molecule has 3 N–H and O–H groups in total. The number of ether oxygens (including phenoxy) is 1. The Hall–Kier alpha value is -2.45. The van der Waals surface area contributed by atoms with Crippen LogP contribution in [0.3, 0.4) is 0 Å². The van der Waals surface area contributed by atoms with Gasteiger partial charge in [0.1, 0.15) is 12.4 Å². The van der Waals surface area contributed by atoms with E-state index in [2.05, 4.69) is 30.7 Å². The molecule has 0 atom stereocenters. The zero-order valence-electron chi connectivity index (χ0n) is 8.20. The molecule has 9 heteroatoms. The molecule has 2 aromatic heterocycles. The van der Waals surface area contributed by atoms with Crippen molar-refractivity contribution in [2.24, 2.45) is 5.73 Å². The van der Waals surface area contributed by atoms with Crippen LogP contribution < -0.4 is 11.1 Å². The average Bonchev–Trinajstić information content (AvgIpc) is 2.71. The molecule has 0 saturated carbocycles. The van der Waals surface area contributed by atoms with Crippen molar-refractivity contribution in [3.05, 3.63) is 12.1 Å². The topological polar surface area (TPSA) is 120 Å². The molecule has 0 fully saturated rings. The molecule has 2 rings (SSSR count). The van der Waals surface area contributed by atoms with Crippen LogP contribution in [-0.2, 0) is 4.74 Å². The van der Waals surface area contributed by atoms with E-state index in [4.69, 9.17) is 5.73 Å². The third-order valence-corrected chi connectivity index (χ3v) is 1.72. The standard InChI is InChI=1S/C7H9N7O2/c8-7(15)16-4-3-9-5-1-2-6-10-12-13-14(6)11-5/h1-2H,3-4H2,(H2,8,15)(H,9,11). The van der Waals surface area contributed by atoms with E-state index in [-0.39, 0.29) is 6.61 Å². The number of hydrogen-bond donors (Lipinski definition) is 2. The number of fused-ring (bicyclic) bond motifs is 1. The maximum Gasteiger partial charge on any atom is 0.404 e. The van der Waals surface area contributed by atoms with Gasteiger partial charge in [-0.3, -0.25) is 0 Å². The van der Waals surface area contributed by atoms with E-state index in [1.807, 2.05) is 0 Å². The smallest absolute Gasteiger partial charge is 0.404 e. The maximum atomic E-state index is 10.3. The summed E-state index contributed by atoms with van der Waals surface area (Å²) in [6.45, 7) is 0.578. The summed E-state index contributed by atoms with van der Waals surface area (Å²) in [5.74, 6) is 0.577. The summed E-state index contributed by atoms with van der Waals surface area (Å²) in [4.78, 5) is 10.3. The number of nitrogens with one attached hydrogen (secondary N) is 1. The highest BCUT2D eigenvalue weighted by atomic mass is 16.5. The summed E-state index contributed by atoms with van der Waals surface area (Å²) in [5.41, 5.74) is 5.35. The number of hydrogen-bond acceptors (Lipinski definition) is 7. The number of anilines is 1. The van der Waals surface area contributed by atoms with Crippen LogP contribution in [0.5, 0.6) is 0 Å². The molecule has 0 spiro atoms. The van der Waals surface area contributed by atoms with Crippen molar-refractivity contribution in [1.29, 1.82) is 0 Å². The average molecular weight is 223 g/mol. The minimum Gasteiger partial charge on any atom is -0.448 e. The number of nitrogens with two attached hydrogens (primary N) is 1. The second kappa shape index (κ2) is 4.38. The number of tetrazole rings is 1. The monoisotopic (exact) mass is 223 g/mol. The van der Waals surface area contributed by atoms with Gasteiger partial charge in [-0.25, -0.2) is 4.79 Å². The van der Waals surface area contributed by atoms with Gasteiger partial charge < -0.3 is 15.8 Å². The van der Waals surface area contributed by atoms with Crippen LogP contribution in [0.4, 0.5) is 10.6 Å². The van der Waals surface area contributed by atoms with E-state index >= 15 is 0 Å². The molecule has 1 amide bonds. The van der Waals surface area contributed by atoms with Crippen molar-refractivity contribution < 1.29 is 9.53 Å². The molecule has 0 radical (unpaired) electrons. The summed E-state index contributed by atoms with van der Waals surface area (Å²) in [5, 5.41) is 17.8. The molecule has 84 valence electrons. The Morgan fingerprint density at radius 3 is 3.25 bits per heavy atom. The van der Waals surface area contributed by atoms with Crippen molar-refractivity contribution in [2.45, 2.75) is 0 Å². The molecule has 0 aliphatic carbocycles. The van der Waals surface area contributed by atoms with Gasteiger partial charge in [0.05, 0.1) is 6.54 Å². The van der Waals surface area contributed by atoms with E-state index in [9.17, 15) is 4.79 Å². The van der Waals surface area contributed by atoms with Crippen LogP contribution in [0, 0.1) is 0 Å². The molecule has 9 nitrogen and oxygen atoms in total. The molecule has 0 aromatic carbocycles. The third-order valence-electron chi connectivity index (χ3n) is 1.72. The van der Waals surface area contributed by atoms with Crippen molar-refractivity contribution in [3.8, 4) is 0 Å². The molecule has 0 aliphatic heterocycles. The highest BCUT2D eigenvalue weighted by molar-refractivity contribution is 5.64. The van der Waals surface area contributed by atoms with Crippen LogP contribution in [0.15, 0.2) is 12.1 Å². The molecule has 0 unspecified atom stereocenters. The minimum atomic E-state index is -0.800. The highest BCUT2D eigenvalue weighted by Crippen LogP contribution is 2.02. The Morgan fingerprint density at radius 1 is 1.56 bits per heavy atom. The first-order valence-corrected chi connectivity index (χ1v) is 4.47. The number of carbonyl (C=O) groups excluding carboxylic acids is 1. The predicted octanol–water partition coefficient (Wildman–Crippen LogP) is -0.974. The number of carbonyl (C=O) groups is 1. The number of rotatable bonds is 4. The fourth-order valence-electron chi connectivity index (χ4n) is 1.07. The number of aromatic nitrogens is 5.